The molecule has 1 aromatic carbocycles. The summed E-state index contributed by atoms with van der Waals surface area (Å²) >= 11 is 0. The number of anilines is 2. The fraction of sp³-hybridized carbons (Fsp3) is 0.208. The lowest BCUT2D eigenvalue weighted by Crippen LogP contribution is -2.36. The maximum Gasteiger partial charge on any atom is 0.326 e. The van der Waals surface area contributed by atoms with E-state index < -0.39 is 12.0 Å². The van der Waals surface area contributed by atoms with Crippen molar-refractivity contribution in [3.8, 4) is 28.7 Å². The molecule has 11 heteroatoms. The zero-order valence-corrected chi connectivity index (χ0v) is 18.6. The van der Waals surface area contributed by atoms with Crippen LogP contribution in [0.5, 0.6) is 0 Å². The Kier molecular flexibility index (Phi) is 5.76. The van der Waals surface area contributed by atoms with Gasteiger partial charge in [0.05, 0.1) is 41.5 Å². The average Bonchev–Trinajstić information content (AvgIpc) is 3.54. The van der Waals surface area contributed by atoms with E-state index in [1.807, 2.05) is 29.2 Å². The summed E-state index contributed by atoms with van der Waals surface area (Å²) in [6.45, 7) is 1.01. The molecule has 1 saturated heterocycles. The lowest BCUT2D eigenvalue weighted by atomic mass is 10.1. The predicted molar refractivity (Wildman–Crippen MR) is 127 cm³/mol. The number of hydrogen-bond acceptors (Lipinski definition) is 9. The smallest absolute Gasteiger partial charge is 0.326 e. The monoisotopic (exact) mass is 467 g/mol. The average molecular weight is 467 g/mol. The molecule has 1 aliphatic heterocycles. The summed E-state index contributed by atoms with van der Waals surface area (Å²) in [4.78, 5) is 26.6. The summed E-state index contributed by atoms with van der Waals surface area (Å²) in [7, 11) is 0. The number of carboxylic acids is 1. The van der Waals surface area contributed by atoms with Gasteiger partial charge in [-0.05, 0) is 43.2 Å². The van der Waals surface area contributed by atoms with Crippen molar-refractivity contribution >= 4 is 17.7 Å². The second-order valence-corrected chi connectivity index (χ2v) is 8.17. The van der Waals surface area contributed by atoms with Crippen molar-refractivity contribution in [2.75, 3.05) is 17.2 Å². The zero-order chi connectivity index (χ0) is 24.4. The minimum atomic E-state index is -0.835. The second-order valence-electron chi connectivity index (χ2n) is 8.17. The van der Waals surface area contributed by atoms with Crippen molar-refractivity contribution in [1.82, 2.24) is 29.9 Å². The van der Waals surface area contributed by atoms with E-state index in [4.69, 9.17) is 5.73 Å². The van der Waals surface area contributed by atoms with Gasteiger partial charge in [-0.25, -0.2) is 24.4 Å². The Labute approximate surface area is 200 Å². The van der Waals surface area contributed by atoms with Gasteiger partial charge in [-0.3, -0.25) is 0 Å². The van der Waals surface area contributed by atoms with Crippen LogP contribution in [0.25, 0.3) is 22.6 Å². The summed E-state index contributed by atoms with van der Waals surface area (Å²) in [6.07, 6.45) is 3.17. The first-order valence-electron chi connectivity index (χ1n) is 11.0. The van der Waals surface area contributed by atoms with Crippen molar-refractivity contribution in [1.29, 1.82) is 5.26 Å². The summed E-state index contributed by atoms with van der Waals surface area (Å²) in [6, 6.07) is 15.9. The molecular formula is C24H21N9O2. The molecule has 1 atom stereocenters. The van der Waals surface area contributed by atoms with E-state index in [0.717, 1.165) is 17.7 Å². The number of carbonyl (C=O) groups is 1. The standard InChI is InChI=1S/C24H21N9O2/c25-12-15-4-1-5-16(10-15)18-11-19(29-24(26)28-18)20-14-32(31-30-20)13-17-6-2-8-22(27-17)33-9-3-7-21(33)23(34)35/h1-2,4-6,8,10-11,14,21H,3,7,9,13H2,(H,34,35)(H2,26,28,29)/t21-/m1/s1. The summed E-state index contributed by atoms with van der Waals surface area (Å²) in [5.74, 6) is -0.110. The molecule has 0 amide bonds. The van der Waals surface area contributed by atoms with Crippen LogP contribution in [-0.4, -0.2) is 53.6 Å². The van der Waals surface area contributed by atoms with Crippen LogP contribution in [0.3, 0.4) is 0 Å². The molecule has 174 valence electrons. The molecule has 0 bridgehead atoms. The molecule has 5 rings (SSSR count). The number of nitrogen functional groups attached to an aromatic ring is 1. The Bertz CT molecular complexity index is 1440. The van der Waals surface area contributed by atoms with Crippen LogP contribution >= 0.6 is 0 Å². The van der Waals surface area contributed by atoms with Crippen LogP contribution in [0.4, 0.5) is 11.8 Å². The highest BCUT2D eigenvalue weighted by atomic mass is 16.4. The maximum atomic E-state index is 11.5. The highest BCUT2D eigenvalue weighted by molar-refractivity contribution is 5.78. The van der Waals surface area contributed by atoms with Crippen molar-refractivity contribution in [3.63, 3.8) is 0 Å². The van der Waals surface area contributed by atoms with E-state index in [2.05, 4.69) is 31.3 Å². The quantitative estimate of drug-likeness (QED) is 0.431. The molecule has 4 aromatic rings. The van der Waals surface area contributed by atoms with Gasteiger partial charge in [-0.1, -0.05) is 23.4 Å². The largest absolute Gasteiger partial charge is 0.480 e. The molecule has 1 fully saturated rings. The Balaban J connectivity index is 1.38. The van der Waals surface area contributed by atoms with E-state index in [1.54, 1.807) is 35.1 Å². The van der Waals surface area contributed by atoms with Crippen molar-refractivity contribution < 1.29 is 9.90 Å². The highest BCUT2D eigenvalue weighted by Gasteiger charge is 2.31. The topological polar surface area (TPSA) is 160 Å². The van der Waals surface area contributed by atoms with Crippen LogP contribution in [-0.2, 0) is 11.3 Å². The molecule has 4 heterocycles. The van der Waals surface area contributed by atoms with Crippen molar-refractivity contribution in [2.45, 2.75) is 25.4 Å². The Morgan fingerprint density at radius 3 is 2.77 bits per heavy atom. The SMILES string of the molecule is N#Cc1cccc(-c2cc(-c3cn(Cc4cccc(N5CCC[C@@H]5C(=O)O)n4)nn3)nc(N)n2)c1. The number of carboxylic acid groups (broad SMARTS) is 1. The van der Waals surface area contributed by atoms with Gasteiger partial charge in [0.2, 0.25) is 5.95 Å². The second kappa shape index (κ2) is 9.18. The number of rotatable bonds is 6. The van der Waals surface area contributed by atoms with E-state index in [0.29, 0.717) is 48.0 Å². The van der Waals surface area contributed by atoms with E-state index in [9.17, 15) is 15.2 Å². The van der Waals surface area contributed by atoms with Gasteiger partial charge in [0.15, 0.2) is 0 Å². The predicted octanol–water partition coefficient (Wildman–Crippen LogP) is 2.35. The fourth-order valence-corrected chi connectivity index (χ4v) is 4.16. The molecule has 0 aliphatic carbocycles. The van der Waals surface area contributed by atoms with Gasteiger partial charge in [0.25, 0.3) is 0 Å². The van der Waals surface area contributed by atoms with Crippen LogP contribution in [0, 0.1) is 11.3 Å². The number of benzene rings is 1. The Morgan fingerprint density at radius 2 is 1.94 bits per heavy atom. The van der Waals surface area contributed by atoms with Gasteiger partial charge in [-0.2, -0.15) is 5.26 Å². The maximum absolute atomic E-state index is 11.5. The molecule has 11 nitrogen and oxygen atoms in total. The Hall–Kier alpha value is -4.85. The fourth-order valence-electron chi connectivity index (χ4n) is 4.16. The van der Waals surface area contributed by atoms with Crippen molar-refractivity contribution in [2.24, 2.45) is 0 Å². The third-order valence-electron chi connectivity index (χ3n) is 5.78. The molecule has 1 aliphatic rings. The number of hydrogen-bond donors (Lipinski definition) is 2. The van der Waals surface area contributed by atoms with Gasteiger partial charge >= 0.3 is 5.97 Å². The number of nitriles is 1. The molecule has 0 radical (unpaired) electrons. The molecular weight excluding hydrogens is 446 g/mol. The zero-order valence-electron chi connectivity index (χ0n) is 18.6. The number of nitrogens with two attached hydrogens (primary N) is 1. The van der Waals surface area contributed by atoms with Gasteiger partial charge < -0.3 is 15.7 Å². The minimum absolute atomic E-state index is 0.0855. The van der Waals surface area contributed by atoms with Crippen LogP contribution in [0.15, 0.2) is 54.7 Å². The van der Waals surface area contributed by atoms with Crippen LogP contribution in [0.1, 0.15) is 24.1 Å². The normalized spacial score (nSPS) is 15.2. The third-order valence-corrected chi connectivity index (χ3v) is 5.78. The lowest BCUT2D eigenvalue weighted by Gasteiger charge is -2.22. The third kappa shape index (κ3) is 4.63. The van der Waals surface area contributed by atoms with Gasteiger partial charge in [0.1, 0.15) is 17.6 Å². The minimum Gasteiger partial charge on any atom is -0.480 e. The first-order valence-corrected chi connectivity index (χ1v) is 11.0. The van der Waals surface area contributed by atoms with Gasteiger partial charge in [0, 0.05) is 12.1 Å². The summed E-state index contributed by atoms with van der Waals surface area (Å²) in [5, 5.41) is 27.1. The lowest BCUT2D eigenvalue weighted by molar-refractivity contribution is -0.138. The van der Waals surface area contributed by atoms with E-state index in [1.165, 1.54) is 0 Å². The van der Waals surface area contributed by atoms with Crippen molar-refractivity contribution in [3.05, 3.63) is 66.0 Å². The molecule has 0 unspecified atom stereocenters. The van der Waals surface area contributed by atoms with E-state index in [-0.39, 0.29) is 5.95 Å². The number of aliphatic carboxylic acids is 1. The number of nitrogens with zero attached hydrogens (tertiary/aromatic N) is 8. The first kappa shape index (κ1) is 22.0. The molecule has 0 spiro atoms. The first-order chi connectivity index (χ1) is 17.0. The molecule has 0 saturated carbocycles. The molecule has 3 aromatic heterocycles. The summed E-state index contributed by atoms with van der Waals surface area (Å²) < 4.78 is 1.63. The van der Waals surface area contributed by atoms with Crippen LogP contribution in [0.2, 0.25) is 0 Å². The highest BCUT2D eigenvalue weighted by Crippen LogP contribution is 2.26. The van der Waals surface area contributed by atoms with Crippen LogP contribution < -0.4 is 10.6 Å². The molecule has 35 heavy (non-hydrogen) atoms. The number of pyridine rings is 1. The number of aromatic nitrogens is 6. The van der Waals surface area contributed by atoms with E-state index >= 15 is 0 Å². The summed E-state index contributed by atoms with van der Waals surface area (Å²) in [5.41, 5.74) is 9.53. The Morgan fingerprint density at radius 1 is 1.11 bits per heavy atom. The molecule has 3 N–H and O–H groups in total. The van der Waals surface area contributed by atoms with Gasteiger partial charge in [-0.15, -0.1) is 5.10 Å².